The Morgan fingerprint density at radius 3 is 1.77 bits per heavy atom. The number of hydrogen-bond acceptors (Lipinski definition) is 2. The van der Waals surface area contributed by atoms with Crippen LogP contribution in [0.2, 0.25) is 18.1 Å². The second-order valence-corrected chi connectivity index (χ2v) is 10.2. The summed E-state index contributed by atoms with van der Waals surface area (Å²) in [5.74, 6) is 0. The average molecular weight is 203 g/mol. The quantitative estimate of drug-likeness (QED) is 0.716. The molecule has 0 aliphatic rings. The number of hydrogen-bond donors (Lipinski definition) is 1. The normalized spacial score (nSPS) is 18.5. The van der Waals surface area contributed by atoms with E-state index in [0.29, 0.717) is 0 Å². The minimum absolute atomic E-state index is 0.120. The molecule has 2 atom stereocenters. The monoisotopic (exact) mass is 203 g/mol. The topological polar surface area (TPSA) is 35.2 Å². The summed E-state index contributed by atoms with van der Waals surface area (Å²) in [7, 11) is -1.61. The average Bonchev–Trinajstić information content (AvgIpc) is 1.83. The molecule has 0 spiro atoms. The minimum atomic E-state index is -1.61. The fourth-order valence-corrected chi connectivity index (χ4v) is 2.25. The second kappa shape index (κ2) is 4.11. The van der Waals surface area contributed by atoms with Crippen LogP contribution in [-0.2, 0) is 4.43 Å². The van der Waals surface area contributed by atoms with Gasteiger partial charge in [-0.15, -0.1) is 0 Å². The lowest BCUT2D eigenvalue weighted by Gasteiger charge is -2.39. The first kappa shape index (κ1) is 13.1. The van der Waals surface area contributed by atoms with Crippen molar-refractivity contribution in [1.82, 2.24) is 0 Å². The van der Waals surface area contributed by atoms with E-state index in [1.807, 2.05) is 6.92 Å². The predicted octanol–water partition coefficient (Wildman–Crippen LogP) is 2.74. The number of rotatable bonds is 3. The Balaban J connectivity index is 4.34. The van der Waals surface area contributed by atoms with Gasteiger partial charge in [0, 0.05) is 6.04 Å². The van der Waals surface area contributed by atoms with Gasteiger partial charge >= 0.3 is 0 Å². The minimum Gasteiger partial charge on any atom is -0.413 e. The van der Waals surface area contributed by atoms with Gasteiger partial charge in [-0.05, 0) is 32.0 Å². The van der Waals surface area contributed by atoms with Gasteiger partial charge in [0.05, 0.1) is 6.10 Å². The second-order valence-electron chi connectivity index (χ2n) is 5.44. The maximum absolute atomic E-state index is 6.08. The summed E-state index contributed by atoms with van der Waals surface area (Å²) in [6.07, 6.45) is 0.167. The van der Waals surface area contributed by atoms with E-state index in [0.717, 1.165) is 0 Å². The van der Waals surface area contributed by atoms with Crippen molar-refractivity contribution in [2.75, 3.05) is 0 Å². The Hall–Kier alpha value is 0.137. The first-order valence-corrected chi connectivity index (χ1v) is 7.92. The van der Waals surface area contributed by atoms with Crippen LogP contribution >= 0.6 is 0 Å². The van der Waals surface area contributed by atoms with Crippen LogP contribution in [0.1, 0.15) is 34.6 Å². The van der Waals surface area contributed by atoms with Crippen LogP contribution in [0.4, 0.5) is 0 Å². The first-order valence-electron chi connectivity index (χ1n) is 5.01. The molecule has 0 saturated heterocycles. The van der Waals surface area contributed by atoms with Crippen LogP contribution in [0, 0.1) is 0 Å². The van der Waals surface area contributed by atoms with Crippen LogP contribution in [0.25, 0.3) is 0 Å². The molecule has 0 unspecified atom stereocenters. The van der Waals surface area contributed by atoms with Crippen molar-refractivity contribution in [2.45, 2.75) is 64.9 Å². The van der Waals surface area contributed by atoms with E-state index >= 15 is 0 Å². The van der Waals surface area contributed by atoms with E-state index in [2.05, 4.69) is 40.8 Å². The van der Waals surface area contributed by atoms with Gasteiger partial charge < -0.3 is 10.2 Å². The van der Waals surface area contributed by atoms with Crippen LogP contribution in [0.5, 0.6) is 0 Å². The third-order valence-electron chi connectivity index (χ3n) is 3.03. The van der Waals surface area contributed by atoms with Crippen molar-refractivity contribution in [3.63, 3.8) is 0 Å². The Morgan fingerprint density at radius 2 is 1.54 bits per heavy atom. The maximum Gasteiger partial charge on any atom is 0.192 e. The zero-order chi connectivity index (χ0) is 10.9. The van der Waals surface area contributed by atoms with Crippen molar-refractivity contribution < 1.29 is 4.43 Å². The third kappa shape index (κ3) is 3.79. The zero-order valence-corrected chi connectivity index (χ0v) is 11.1. The van der Waals surface area contributed by atoms with Crippen molar-refractivity contribution in [2.24, 2.45) is 5.73 Å². The van der Waals surface area contributed by atoms with E-state index in [1.54, 1.807) is 0 Å². The summed E-state index contributed by atoms with van der Waals surface area (Å²) in [5.41, 5.74) is 5.78. The molecule has 0 saturated carbocycles. The third-order valence-corrected chi connectivity index (χ3v) is 7.60. The molecule has 0 fully saturated rings. The molecular weight excluding hydrogens is 178 g/mol. The van der Waals surface area contributed by atoms with E-state index < -0.39 is 8.32 Å². The molecule has 13 heavy (non-hydrogen) atoms. The van der Waals surface area contributed by atoms with Gasteiger partial charge in [-0.2, -0.15) is 0 Å². The van der Waals surface area contributed by atoms with Crippen LogP contribution < -0.4 is 5.73 Å². The van der Waals surface area contributed by atoms with E-state index in [1.165, 1.54) is 0 Å². The molecule has 0 aromatic rings. The van der Waals surface area contributed by atoms with Gasteiger partial charge in [0.25, 0.3) is 0 Å². The van der Waals surface area contributed by atoms with E-state index in [-0.39, 0.29) is 17.2 Å². The predicted molar refractivity (Wildman–Crippen MR) is 61.4 cm³/mol. The number of nitrogens with two attached hydrogens (primary N) is 1. The largest absolute Gasteiger partial charge is 0.413 e. The SMILES string of the molecule is C[C@H](N)[C@@H](C)O[Si](C)(C)C(C)(C)C. The molecule has 0 heterocycles. The Kier molecular flexibility index (Phi) is 4.15. The summed E-state index contributed by atoms with van der Waals surface area (Å²) in [6.45, 7) is 15.3. The molecule has 2 N–H and O–H groups in total. The summed E-state index contributed by atoms with van der Waals surface area (Å²) in [6, 6.07) is 0.120. The molecule has 0 aliphatic heterocycles. The van der Waals surface area contributed by atoms with Gasteiger partial charge in [-0.3, -0.25) is 0 Å². The lowest BCUT2D eigenvalue weighted by atomic mass is 10.2. The van der Waals surface area contributed by atoms with Gasteiger partial charge in [-0.1, -0.05) is 20.8 Å². The highest BCUT2D eigenvalue weighted by atomic mass is 28.4. The summed E-state index contributed by atoms with van der Waals surface area (Å²) in [5, 5.41) is 0.274. The zero-order valence-electron chi connectivity index (χ0n) is 10.1. The van der Waals surface area contributed by atoms with Gasteiger partial charge in [0.2, 0.25) is 0 Å². The molecule has 80 valence electrons. The molecule has 0 rings (SSSR count). The van der Waals surface area contributed by atoms with Crippen LogP contribution in [0.3, 0.4) is 0 Å². The molecule has 0 radical (unpaired) electrons. The molecule has 0 amide bonds. The van der Waals surface area contributed by atoms with Crippen molar-refractivity contribution in [1.29, 1.82) is 0 Å². The Bertz CT molecular complexity index is 161. The summed E-state index contributed by atoms with van der Waals surface area (Å²) < 4.78 is 6.08. The summed E-state index contributed by atoms with van der Waals surface area (Å²) in [4.78, 5) is 0. The van der Waals surface area contributed by atoms with Gasteiger partial charge in [0.1, 0.15) is 0 Å². The Labute approximate surface area is 84.0 Å². The Morgan fingerprint density at radius 1 is 1.15 bits per heavy atom. The highest BCUT2D eigenvalue weighted by Gasteiger charge is 2.38. The molecular formula is C10H25NOSi. The first-order chi connectivity index (χ1) is 5.58. The van der Waals surface area contributed by atoms with Gasteiger partial charge in [-0.25, -0.2) is 0 Å². The fourth-order valence-electron chi connectivity index (χ4n) is 0.749. The van der Waals surface area contributed by atoms with E-state index in [9.17, 15) is 0 Å². The molecule has 3 heteroatoms. The lowest BCUT2D eigenvalue weighted by molar-refractivity contribution is 0.176. The van der Waals surface area contributed by atoms with Crippen molar-refractivity contribution >= 4 is 8.32 Å². The molecule has 0 aromatic carbocycles. The molecule has 0 aromatic heterocycles. The molecule has 2 nitrogen and oxygen atoms in total. The smallest absolute Gasteiger partial charge is 0.192 e. The highest BCUT2D eigenvalue weighted by Crippen LogP contribution is 2.37. The standard InChI is InChI=1S/C10H25NOSi/c1-8(11)9(2)12-13(6,7)10(3,4)5/h8-9H,11H2,1-7H3/t8-,9+/m0/s1. The van der Waals surface area contributed by atoms with Crippen LogP contribution in [-0.4, -0.2) is 20.5 Å². The van der Waals surface area contributed by atoms with Crippen molar-refractivity contribution in [3.05, 3.63) is 0 Å². The fraction of sp³-hybridized carbons (Fsp3) is 1.00. The van der Waals surface area contributed by atoms with Gasteiger partial charge in [0.15, 0.2) is 8.32 Å². The molecule has 0 aliphatic carbocycles. The lowest BCUT2D eigenvalue weighted by Crippen LogP contribution is -2.47. The van der Waals surface area contributed by atoms with E-state index in [4.69, 9.17) is 10.2 Å². The van der Waals surface area contributed by atoms with Crippen LogP contribution in [0.15, 0.2) is 0 Å². The highest BCUT2D eigenvalue weighted by molar-refractivity contribution is 6.74. The maximum atomic E-state index is 6.08. The summed E-state index contributed by atoms with van der Waals surface area (Å²) >= 11 is 0. The molecule has 0 bridgehead atoms. The van der Waals surface area contributed by atoms with Crippen molar-refractivity contribution in [3.8, 4) is 0 Å².